The zero-order valence-corrected chi connectivity index (χ0v) is 12.8. The van der Waals surface area contributed by atoms with Gasteiger partial charge in [0.1, 0.15) is 5.75 Å². The number of nitrogens with one attached hydrogen (secondary N) is 2. The number of carbonyl (C=O) groups excluding carboxylic acids is 1. The van der Waals surface area contributed by atoms with E-state index in [1.165, 1.54) is 0 Å². The first-order valence-corrected chi connectivity index (χ1v) is 7.09. The van der Waals surface area contributed by atoms with Gasteiger partial charge in [-0.05, 0) is 30.7 Å². The number of aromatic nitrogens is 1. The summed E-state index contributed by atoms with van der Waals surface area (Å²) in [7, 11) is 3.17. The van der Waals surface area contributed by atoms with Crippen LogP contribution in [0.5, 0.6) is 5.75 Å². The Morgan fingerprint density at radius 2 is 2.09 bits per heavy atom. The molecule has 0 unspecified atom stereocenters. The summed E-state index contributed by atoms with van der Waals surface area (Å²) in [4.78, 5) is 26.5. The molecule has 6 heteroatoms. The number of rotatable bonds is 7. The van der Waals surface area contributed by atoms with Crippen LogP contribution in [0.25, 0.3) is 10.9 Å². The predicted octanol–water partition coefficient (Wildman–Crippen LogP) is 1.23. The lowest BCUT2D eigenvalue weighted by Gasteiger charge is -2.06. The third kappa shape index (κ3) is 4.08. The second kappa shape index (κ2) is 7.61. The number of fused-ring (bicyclic) bond motifs is 1. The number of carbonyl (C=O) groups is 1. The van der Waals surface area contributed by atoms with E-state index in [0.717, 1.165) is 16.7 Å². The molecule has 6 nitrogen and oxygen atoms in total. The van der Waals surface area contributed by atoms with Crippen LogP contribution in [-0.4, -0.2) is 38.3 Å². The van der Waals surface area contributed by atoms with Gasteiger partial charge in [-0.3, -0.25) is 9.59 Å². The molecule has 2 rings (SSSR count). The molecule has 1 aromatic carbocycles. The Bertz CT molecular complexity index is 709. The quantitative estimate of drug-likeness (QED) is 0.754. The smallest absolute Gasteiger partial charge is 0.251 e. The number of H-pyrrole nitrogens is 1. The molecule has 0 aliphatic rings. The SMILES string of the molecule is COCCNC(=O)CCc1cc2cc(OC)ccc2[nH]c1=O. The average molecular weight is 304 g/mol. The lowest BCUT2D eigenvalue weighted by Crippen LogP contribution is -2.27. The zero-order chi connectivity index (χ0) is 15.9. The van der Waals surface area contributed by atoms with E-state index in [9.17, 15) is 9.59 Å². The van der Waals surface area contributed by atoms with Crippen LogP contribution in [0.15, 0.2) is 29.1 Å². The van der Waals surface area contributed by atoms with Crippen LogP contribution in [0.2, 0.25) is 0 Å². The number of hydrogen-bond acceptors (Lipinski definition) is 4. The molecule has 1 aromatic heterocycles. The van der Waals surface area contributed by atoms with E-state index in [-0.39, 0.29) is 17.9 Å². The summed E-state index contributed by atoms with van der Waals surface area (Å²) in [5.41, 5.74) is 1.17. The van der Waals surface area contributed by atoms with Crippen molar-refractivity contribution in [3.63, 3.8) is 0 Å². The molecule has 0 saturated heterocycles. The minimum Gasteiger partial charge on any atom is -0.497 e. The van der Waals surface area contributed by atoms with Crippen molar-refractivity contribution in [3.8, 4) is 5.75 Å². The molecular formula is C16H20N2O4. The van der Waals surface area contributed by atoms with Gasteiger partial charge >= 0.3 is 0 Å². The van der Waals surface area contributed by atoms with Gasteiger partial charge in [-0.1, -0.05) is 0 Å². The van der Waals surface area contributed by atoms with Crippen LogP contribution >= 0.6 is 0 Å². The van der Waals surface area contributed by atoms with Gasteiger partial charge in [0.15, 0.2) is 0 Å². The minimum absolute atomic E-state index is 0.0952. The number of hydrogen-bond donors (Lipinski definition) is 2. The Morgan fingerprint density at radius 3 is 2.82 bits per heavy atom. The first-order chi connectivity index (χ1) is 10.6. The summed E-state index contributed by atoms with van der Waals surface area (Å²) in [6.45, 7) is 0.947. The lowest BCUT2D eigenvalue weighted by atomic mass is 10.1. The molecule has 1 amide bonds. The van der Waals surface area contributed by atoms with Crippen molar-refractivity contribution in [1.29, 1.82) is 0 Å². The van der Waals surface area contributed by atoms with Gasteiger partial charge in [-0.2, -0.15) is 0 Å². The molecule has 0 atom stereocenters. The summed E-state index contributed by atoms with van der Waals surface area (Å²) in [5, 5.41) is 3.62. The van der Waals surface area contributed by atoms with E-state index in [2.05, 4.69) is 10.3 Å². The van der Waals surface area contributed by atoms with E-state index in [1.807, 2.05) is 6.07 Å². The third-order valence-electron chi connectivity index (χ3n) is 3.38. The van der Waals surface area contributed by atoms with E-state index < -0.39 is 0 Å². The van der Waals surface area contributed by atoms with Crippen molar-refractivity contribution in [3.05, 3.63) is 40.2 Å². The molecule has 0 radical (unpaired) electrons. The van der Waals surface area contributed by atoms with Crippen molar-refractivity contribution >= 4 is 16.8 Å². The molecule has 0 fully saturated rings. The Kier molecular flexibility index (Phi) is 5.55. The monoisotopic (exact) mass is 304 g/mol. The van der Waals surface area contributed by atoms with Crippen LogP contribution in [-0.2, 0) is 16.0 Å². The highest BCUT2D eigenvalue weighted by molar-refractivity contribution is 5.81. The number of amides is 1. The zero-order valence-electron chi connectivity index (χ0n) is 12.8. The van der Waals surface area contributed by atoms with Crippen LogP contribution in [0, 0.1) is 0 Å². The van der Waals surface area contributed by atoms with Gasteiger partial charge in [-0.25, -0.2) is 0 Å². The minimum atomic E-state index is -0.164. The van der Waals surface area contributed by atoms with Crippen molar-refractivity contribution in [2.45, 2.75) is 12.8 Å². The van der Waals surface area contributed by atoms with Crippen LogP contribution in [0.4, 0.5) is 0 Å². The summed E-state index contributed by atoms with van der Waals surface area (Å²) in [6, 6.07) is 7.25. The van der Waals surface area contributed by atoms with Gasteiger partial charge in [0, 0.05) is 36.5 Å². The highest BCUT2D eigenvalue weighted by Gasteiger charge is 2.07. The Labute approximate surface area is 128 Å². The Balaban J connectivity index is 2.08. The second-order valence-electron chi connectivity index (χ2n) is 4.92. The first-order valence-electron chi connectivity index (χ1n) is 7.09. The summed E-state index contributed by atoms with van der Waals surface area (Å²) < 4.78 is 10.0. The molecule has 0 spiro atoms. The van der Waals surface area contributed by atoms with Gasteiger partial charge in [0.2, 0.25) is 5.91 Å². The molecule has 0 aliphatic heterocycles. The molecule has 0 aliphatic carbocycles. The number of pyridine rings is 1. The number of aromatic amines is 1. The maximum absolute atomic E-state index is 12.0. The van der Waals surface area contributed by atoms with Gasteiger partial charge in [0.05, 0.1) is 13.7 Å². The van der Waals surface area contributed by atoms with E-state index in [0.29, 0.717) is 25.1 Å². The largest absolute Gasteiger partial charge is 0.497 e. The molecule has 118 valence electrons. The van der Waals surface area contributed by atoms with Gasteiger partial charge in [-0.15, -0.1) is 0 Å². The molecule has 1 heterocycles. The van der Waals surface area contributed by atoms with E-state index >= 15 is 0 Å². The van der Waals surface area contributed by atoms with Crippen molar-refractivity contribution in [2.75, 3.05) is 27.4 Å². The average Bonchev–Trinajstić information content (AvgIpc) is 2.52. The van der Waals surface area contributed by atoms with E-state index in [1.54, 1.807) is 32.4 Å². The first kappa shape index (κ1) is 16.0. The molecule has 0 saturated carbocycles. The lowest BCUT2D eigenvalue weighted by molar-refractivity contribution is -0.121. The topological polar surface area (TPSA) is 80.4 Å². The van der Waals surface area contributed by atoms with Crippen LogP contribution in [0.3, 0.4) is 0 Å². The Morgan fingerprint density at radius 1 is 1.27 bits per heavy atom. The molecular weight excluding hydrogens is 284 g/mol. The maximum atomic E-state index is 12.0. The molecule has 2 aromatic rings. The second-order valence-corrected chi connectivity index (χ2v) is 4.92. The Hall–Kier alpha value is -2.34. The summed E-state index contributed by atoms with van der Waals surface area (Å²) >= 11 is 0. The van der Waals surface area contributed by atoms with Crippen molar-refractivity contribution in [2.24, 2.45) is 0 Å². The van der Waals surface area contributed by atoms with Crippen molar-refractivity contribution in [1.82, 2.24) is 10.3 Å². The standard InChI is InChI=1S/C16H20N2O4/c1-21-8-7-17-15(19)6-3-11-9-12-10-13(22-2)4-5-14(12)18-16(11)20/h4-5,9-10H,3,6-8H2,1-2H3,(H,17,19)(H,18,20). The molecule has 0 bridgehead atoms. The molecule has 2 N–H and O–H groups in total. The summed E-state index contributed by atoms with van der Waals surface area (Å²) in [5.74, 6) is 0.630. The number of benzene rings is 1. The third-order valence-corrected chi connectivity index (χ3v) is 3.38. The van der Waals surface area contributed by atoms with Gasteiger partial charge < -0.3 is 19.8 Å². The number of ether oxygens (including phenoxy) is 2. The maximum Gasteiger partial charge on any atom is 0.251 e. The fraction of sp³-hybridized carbons (Fsp3) is 0.375. The fourth-order valence-electron chi connectivity index (χ4n) is 2.17. The normalized spacial score (nSPS) is 10.6. The van der Waals surface area contributed by atoms with Crippen LogP contribution in [0.1, 0.15) is 12.0 Å². The number of methoxy groups -OCH3 is 2. The van der Waals surface area contributed by atoms with Gasteiger partial charge in [0.25, 0.3) is 5.56 Å². The number of aryl methyl sites for hydroxylation is 1. The van der Waals surface area contributed by atoms with Crippen molar-refractivity contribution < 1.29 is 14.3 Å². The highest BCUT2D eigenvalue weighted by atomic mass is 16.5. The molecule has 22 heavy (non-hydrogen) atoms. The summed E-state index contributed by atoms with van der Waals surface area (Å²) in [6.07, 6.45) is 0.656. The predicted molar refractivity (Wildman–Crippen MR) is 84.3 cm³/mol. The highest BCUT2D eigenvalue weighted by Crippen LogP contribution is 2.19. The van der Waals surface area contributed by atoms with Crippen LogP contribution < -0.4 is 15.6 Å². The fourth-order valence-corrected chi connectivity index (χ4v) is 2.17. The van der Waals surface area contributed by atoms with E-state index in [4.69, 9.17) is 9.47 Å².